The lowest BCUT2D eigenvalue weighted by atomic mass is 10.0. The van der Waals surface area contributed by atoms with Crippen LogP contribution in [0.15, 0.2) is 36.5 Å². The molecule has 1 aliphatic rings. The molecular formula is C17H22N2. The van der Waals surface area contributed by atoms with E-state index >= 15 is 0 Å². The van der Waals surface area contributed by atoms with Crippen molar-refractivity contribution in [2.24, 2.45) is 5.92 Å². The highest BCUT2D eigenvalue weighted by Gasteiger charge is 2.16. The van der Waals surface area contributed by atoms with E-state index in [0.29, 0.717) is 6.04 Å². The van der Waals surface area contributed by atoms with E-state index in [4.69, 9.17) is 0 Å². The fourth-order valence-electron chi connectivity index (χ4n) is 3.08. The van der Waals surface area contributed by atoms with Gasteiger partial charge in [-0.15, -0.1) is 0 Å². The second-order valence-corrected chi connectivity index (χ2v) is 5.83. The summed E-state index contributed by atoms with van der Waals surface area (Å²) in [6.07, 6.45) is 8.52. The lowest BCUT2D eigenvalue weighted by Gasteiger charge is -2.19. The zero-order valence-corrected chi connectivity index (χ0v) is 11.6. The topological polar surface area (TPSA) is 24.9 Å². The van der Waals surface area contributed by atoms with E-state index in [1.165, 1.54) is 43.2 Å². The second kappa shape index (κ2) is 5.60. The van der Waals surface area contributed by atoms with E-state index in [1.54, 1.807) is 0 Å². The first kappa shape index (κ1) is 12.5. The number of hydrogen-bond donors (Lipinski definition) is 1. The Kier molecular flexibility index (Phi) is 3.67. The molecule has 3 rings (SSSR count). The Morgan fingerprint density at radius 2 is 2.00 bits per heavy atom. The summed E-state index contributed by atoms with van der Waals surface area (Å²) in [5.74, 6) is 0.890. The van der Waals surface area contributed by atoms with Crippen molar-refractivity contribution in [3.63, 3.8) is 0 Å². The minimum absolute atomic E-state index is 0.621. The van der Waals surface area contributed by atoms with Crippen LogP contribution in [0.3, 0.4) is 0 Å². The minimum atomic E-state index is 0.621. The molecule has 2 aromatic rings. The summed E-state index contributed by atoms with van der Waals surface area (Å²) < 4.78 is 0. The summed E-state index contributed by atoms with van der Waals surface area (Å²) in [7, 11) is 0. The van der Waals surface area contributed by atoms with Gasteiger partial charge < -0.3 is 5.32 Å². The maximum Gasteiger partial charge on any atom is 0.0722 e. The maximum atomic E-state index is 4.43. The summed E-state index contributed by atoms with van der Waals surface area (Å²) in [5, 5.41) is 4.98. The van der Waals surface area contributed by atoms with Gasteiger partial charge in [0, 0.05) is 23.3 Å². The van der Waals surface area contributed by atoms with Crippen molar-refractivity contribution in [3.8, 4) is 0 Å². The van der Waals surface area contributed by atoms with Gasteiger partial charge in [0.05, 0.1) is 5.52 Å². The molecule has 1 heterocycles. The number of anilines is 1. The van der Waals surface area contributed by atoms with E-state index in [0.717, 1.165) is 11.4 Å². The third-order valence-electron chi connectivity index (χ3n) is 4.26. The standard InChI is InChI=1S/C17H22N2/c1-13-5-2-6-14(11-10-13)19-17-9-3-8-16-15(17)7-4-12-18-16/h3-4,7-9,12-14,19H,2,5-6,10-11H2,1H3. The number of rotatable bonds is 2. The molecule has 1 aliphatic carbocycles. The quantitative estimate of drug-likeness (QED) is 0.791. The first-order valence-electron chi connectivity index (χ1n) is 7.43. The third-order valence-corrected chi connectivity index (χ3v) is 4.26. The Morgan fingerprint density at radius 1 is 1.05 bits per heavy atom. The molecule has 1 saturated carbocycles. The molecule has 0 amide bonds. The number of nitrogens with one attached hydrogen (secondary N) is 1. The number of aromatic nitrogens is 1. The van der Waals surface area contributed by atoms with Crippen LogP contribution in [0.2, 0.25) is 0 Å². The van der Waals surface area contributed by atoms with Crippen LogP contribution >= 0.6 is 0 Å². The lowest BCUT2D eigenvalue weighted by Crippen LogP contribution is -2.18. The number of benzene rings is 1. The van der Waals surface area contributed by atoms with Crippen LogP contribution in [0.1, 0.15) is 39.0 Å². The van der Waals surface area contributed by atoms with Gasteiger partial charge in [-0.25, -0.2) is 0 Å². The Hall–Kier alpha value is -1.57. The van der Waals surface area contributed by atoms with Crippen molar-refractivity contribution in [2.45, 2.75) is 45.1 Å². The zero-order chi connectivity index (χ0) is 13.1. The molecule has 0 spiro atoms. The molecule has 0 bridgehead atoms. The van der Waals surface area contributed by atoms with Gasteiger partial charge in [-0.1, -0.05) is 25.8 Å². The molecule has 100 valence electrons. The SMILES string of the molecule is CC1CCCC(Nc2cccc3ncccc23)CC1. The highest BCUT2D eigenvalue weighted by Crippen LogP contribution is 2.27. The molecule has 2 atom stereocenters. The van der Waals surface area contributed by atoms with Gasteiger partial charge in [0.15, 0.2) is 0 Å². The van der Waals surface area contributed by atoms with Crippen LogP contribution in [-0.4, -0.2) is 11.0 Å². The first-order chi connectivity index (χ1) is 9.33. The average molecular weight is 254 g/mol. The van der Waals surface area contributed by atoms with Gasteiger partial charge in [0.1, 0.15) is 0 Å². The van der Waals surface area contributed by atoms with Crippen molar-refractivity contribution in [2.75, 3.05) is 5.32 Å². The molecule has 0 aliphatic heterocycles. The highest BCUT2D eigenvalue weighted by molar-refractivity contribution is 5.91. The Morgan fingerprint density at radius 3 is 2.95 bits per heavy atom. The maximum absolute atomic E-state index is 4.43. The van der Waals surface area contributed by atoms with E-state index in [-0.39, 0.29) is 0 Å². The zero-order valence-electron chi connectivity index (χ0n) is 11.6. The van der Waals surface area contributed by atoms with E-state index in [2.05, 4.69) is 41.5 Å². The van der Waals surface area contributed by atoms with E-state index < -0.39 is 0 Å². The van der Waals surface area contributed by atoms with E-state index in [9.17, 15) is 0 Å². The van der Waals surface area contributed by atoms with Gasteiger partial charge >= 0.3 is 0 Å². The first-order valence-corrected chi connectivity index (χ1v) is 7.43. The second-order valence-electron chi connectivity index (χ2n) is 5.83. The Bertz CT molecular complexity index is 544. The highest BCUT2D eigenvalue weighted by atomic mass is 14.9. The van der Waals surface area contributed by atoms with Crippen molar-refractivity contribution in [3.05, 3.63) is 36.5 Å². The molecule has 0 radical (unpaired) electrons. The fraction of sp³-hybridized carbons (Fsp3) is 0.471. The summed E-state index contributed by atoms with van der Waals surface area (Å²) in [5.41, 5.74) is 2.32. The van der Waals surface area contributed by atoms with Crippen molar-refractivity contribution in [1.82, 2.24) is 4.98 Å². The molecular weight excluding hydrogens is 232 g/mol. The Balaban J connectivity index is 1.81. The van der Waals surface area contributed by atoms with Crippen LogP contribution < -0.4 is 5.32 Å². The molecule has 2 nitrogen and oxygen atoms in total. The molecule has 1 aromatic carbocycles. The predicted molar refractivity (Wildman–Crippen MR) is 81.4 cm³/mol. The monoisotopic (exact) mass is 254 g/mol. The summed E-state index contributed by atoms with van der Waals surface area (Å²) in [4.78, 5) is 4.43. The fourth-order valence-corrected chi connectivity index (χ4v) is 3.08. The van der Waals surface area contributed by atoms with Crippen LogP contribution in [0.25, 0.3) is 10.9 Å². The molecule has 1 aromatic heterocycles. The van der Waals surface area contributed by atoms with Crippen molar-refractivity contribution in [1.29, 1.82) is 0 Å². The van der Waals surface area contributed by atoms with Crippen LogP contribution in [0.4, 0.5) is 5.69 Å². The summed E-state index contributed by atoms with van der Waals surface area (Å²) >= 11 is 0. The molecule has 0 saturated heterocycles. The third kappa shape index (κ3) is 2.89. The van der Waals surface area contributed by atoms with Gasteiger partial charge in [0.25, 0.3) is 0 Å². The smallest absolute Gasteiger partial charge is 0.0722 e. The average Bonchev–Trinajstić information content (AvgIpc) is 2.64. The van der Waals surface area contributed by atoms with Gasteiger partial charge in [0.2, 0.25) is 0 Å². The van der Waals surface area contributed by atoms with Gasteiger partial charge in [-0.2, -0.15) is 0 Å². The number of pyridine rings is 1. The number of fused-ring (bicyclic) bond motifs is 1. The van der Waals surface area contributed by atoms with Gasteiger partial charge in [-0.3, -0.25) is 4.98 Å². The molecule has 2 unspecified atom stereocenters. The summed E-state index contributed by atoms with van der Waals surface area (Å²) in [6, 6.07) is 11.1. The predicted octanol–water partition coefficient (Wildman–Crippen LogP) is 4.62. The van der Waals surface area contributed by atoms with Crippen LogP contribution in [0, 0.1) is 5.92 Å². The van der Waals surface area contributed by atoms with Crippen molar-refractivity contribution >= 4 is 16.6 Å². The van der Waals surface area contributed by atoms with Gasteiger partial charge in [-0.05, 0) is 49.4 Å². The normalized spacial score (nSPS) is 24.1. The van der Waals surface area contributed by atoms with Crippen LogP contribution in [0.5, 0.6) is 0 Å². The Labute approximate surface area is 115 Å². The number of nitrogens with zero attached hydrogens (tertiary/aromatic N) is 1. The lowest BCUT2D eigenvalue weighted by molar-refractivity contribution is 0.502. The molecule has 1 fully saturated rings. The van der Waals surface area contributed by atoms with Crippen molar-refractivity contribution < 1.29 is 0 Å². The van der Waals surface area contributed by atoms with E-state index in [1.807, 2.05) is 12.3 Å². The molecule has 1 N–H and O–H groups in total. The molecule has 19 heavy (non-hydrogen) atoms. The largest absolute Gasteiger partial charge is 0.382 e. The summed E-state index contributed by atoms with van der Waals surface area (Å²) in [6.45, 7) is 2.38. The molecule has 2 heteroatoms. The minimum Gasteiger partial charge on any atom is -0.382 e. The van der Waals surface area contributed by atoms with Crippen LogP contribution in [-0.2, 0) is 0 Å². The number of hydrogen-bond acceptors (Lipinski definition) is 2.